The molecule has 0 aromatic heterocycles. The average molecular weight is 339 g/mol. The van der Waals surface area contributed by atoms with Crippen LogP contribution < -0.4 is 5.32 Å². The highest BCUT2D eigenvalue weighted by Crippen LogP contribution is 2.15. The van der Waals surface area contributed by atoms with Gasteiger partial charge in [-0.05, 0) is 12.3 Å². The van der Waals surface area contributed by atoms with E-state index in [-0.39, 0.29) is 0 Å². The van der Waals surface area contributed by atoms with Crippen molar-refractivity contribution in [2.24, 2.45) is 10.9 Å². The largest absolute Gasteiger partial charge is 0.381 e. The summed E-state index contributed by atoms with van der Waals surface area (Å²) in [6.45, 7) is 13.3. The number of piperazine rings is 1. The molecule has 0 aliphatic carbocycles. The normalized spacial score (nSPS) is 27.6. The molecule has 3 fully saturated rings. The number of rotatable bonds is 5. The van der Waals surface area contributed by atoms with E-state index in [0.29, 0.717) is 0 Å². The van der Waals surface area contributed by atoms with E-state index in [1.54, 1.807) is 0 Å². The average Bonchev–Trinajstić information content (AvgIpc) is 3.14. The van der Waals surface area contributed by atoms with Gasteiger partial charge in [-0.1, -0.05) is 0 Å². The van der Waals surface area contributed by atoms with Gasteiger partial charge in [0, 0.05) is 72.6 Å². The predicted molar refractivity (Wildman–Crippen MR) is 95.6 cm³/mol. The van der Waals surface area contributed by atoms with Crippen molar-refractivity contribution in [2.75, 3.05) is 92.4 Å². The van der Waals surface area contributed by atoms with Crippen LogP contribution in [0.5, 0.6) is 0 Å². The summed E-state index contributed by atoms with van der Waals surface area (Å²) in [7, 11) is 1.89. The van der Waals surface area contributed by atoms with Crippen LogP contribution in [0.2, 0.25) is 0 Å². The number of hydrogen-bond donors (Lipinski definition) is 1. The van der Waals surface area contributed by atoms with Crippen molar-refractivity contribution < 1.29 is 9.47 Å². The van der Waals surface area contributed by atoms with Gasteiger partial charge in [-0.3, -0.25) is 14.8 Å². The second kappa shape index (κ2) is 9.56. The van der Waals surface area contributed by atoms with Crippen molar-refractivity contribution in [1.82, 2.24) is 20.0 Å². The molecule has 3 aliphatic rings. The van der Waals surface area contributed by atoms with Crippen molar-refractivity contribution >= 4 is 5.96 Å². The highest BCUT2D eigenvalue weighted by molar-refractivity contribution is 5.80. The van der Waals surface area contributed by atoms with Crippen LogP contribution in [0.25, 0.3) is 0 Å². The first-order chi connectivity index (χ1) is 11.8. The lowest BCUT2D eigenvalue weighted by atomic mass is 10.1. The molecule has 0 aromatic rings. The third kappa shape index (κ3) is 5.31. The van der Waals surface area contributed by atoms with Crippen LogP contribution in [0.1, 0.15) is 6.42 Å². The van der Waals surface area contributed by atoms with E-state index in [0.717, 1.165) is 90.7 Å². The van der Waals surface area contributed by atoms with Crippen molar-refractivity contribution in [3.05, 3.63) is 0 Å². The molecular weight excluding hydrogens is 306 g/mol. The van der Waals surface area contributed by atoms with Gasteiger partial charge in [0.25, 0.3) is 0 Å². The van der Waals surface area contributed by atoms with E-state index in [4.69, 9.17) is 9.47 Å². The maximum absolute atomic E-state index is 5.49. The zero-order valence-electron chi connectivity index (χ0n) is 15.1. The number of guanidine groups is 1. The monoisotopic (exact) mass is 339 g/mol. The van der Waals surface area contributed by atoms with E-state index >= 15 is 0 Å². The van der Waals surface area contributed by atoms with Gasteiger partial charge in [0.2, 0.25) is 0 Å². The van der Waals surface area contributed by atoms with Gasteiger partial charge < -0.3 is 19.7 Å². The lowest BCUT2D eigenvalue weighted by Gasteiger charge is -2.37. The third-order valence-electron chi connectivity index (χ3n) is 5.24. The van der Waals surface area contributed by atoms with Crippen LogP contribution >= 0.6 is 0 Å². The summed E-state index contributed by atoms with van der Waals surface area (Å²) in [5.41, 5.74) is 0. The van der Waals surface area contributed by atoms with Gasteiger partial charge in [0.15, 0.2) is 5.96 Å². The van der Waals surface area contributed by atoms with Crippen LogP contribution in [0, 0.1) is 5.92 Å². The highest BCUT2D eigenvalue weighted by Gasteiger charge is 2.24. The molecule has 0 spiro atoms. The SMILES string of the molecule is CN=C(NCCN1CCOCC1)N1CCN(CC2CCOC2)CC1. The topological polar surface area (TPSA) is 52.6 Å². The Morgan fingerprint density at radius 3 is 2.46 bits per heavy atom. The molecule has 138 valence electrons. The summed E-state index contributed by atoms with van der Waals surface area (Å²) in [6, 6.07) is 0. The Kier molecular flexibility index (Phi) is 7.13. The molecule has 7 nitrogen and oxygen atoms in total. The van der Waals surface area contributed by atoms with Crippen LogP contribution in [0.15, 0.2) is 4.99 Å². The molecule has 0 saturated carbocycles. The predicted octanol–water partition coefficient (Wildman–Crippen LogP) is -0.452. The fourth-order valence-electron chi connectivity index (χ4n) is 3.72. The van der Waals surface area contributed by atoms with Crippen LogP contribution in [0.3, 0.4) is 0 Å². The quantitative estimate of drug-likeness (QED) is 0.541. The van der Waals surface area contributed by atoms with Gasteiger partial charge in [0.1, 0.15) is 0 Å². The Morgan fingerprint density at radius 2 is 1.79 bits per heavy atom. The van der Waals surface area contributed by atoms with Crippen LogP contribution in [0.4, 0.5) is 0 Å². The first-order valence-electron chi connectivity index (χ1n) is 9.41. The van der Waals surface area contributed by atoms with Crippen molar-refractivity contribution in [3.63, 3.8) is 0 Å². The molecule has 3 aliphatic heterocycles. The van der Waals surface area contributed by atoms with E-state index in [9.17, 15) is 0 Å². The van der Waals surface area contributed by atoms with Gasteiger partial charge in [-0.15, -0.1) is 0 Å². The first kappa shape index (κ1) is 17.9. The number of aliphatic imine (C=N–C) groups is 1. The Bertz CT molecular complexity index is 386. The molecule has 0 aromatic carbocycles. The summed E-state index contributed by atoms with van der Waals surface area (Å²) in [5, 5.41) is 3.53. The number of morpholine rings is 1. The van der Waals surface area contributed by atoms with Gasteiger partial charge in [0.05, 0.1) is 19.8 Å². The zero-order valence-corrected chi connectivity index (χ0v) is 15.1. The second-order valence-electron chi connectivity index (χ2n) is 6.95. The number of hydrogen-bond acceptors (Lipinski definition) is 5. The number of ether oxygens (including phenoxy) is 2. The van der Waals surface area contributed by atoms with Crippen molar-refractivity contribution in [2.45, 2.75) is 6.42 Å². The summed E-state index contributed by atoms with van der Waals surface area (Å²) >= 11 is 0. The molecule has 7 heteroatoms. The van der Waals surface area contributed by atoms with E-state index in [1.165, 1.54) is 13.0 Å². The minimum Gasteiger partial charge on any atom is -0.381 e. The minimum absolute atomic E-state index is 0.738. The molecule has 0 radical (unpaired) electrons. The van der Waals surface area contributed by atoms with Crippen molar-refractivity contribution in [3.8, 4) is 0 Å². The third-order valence-corrected chi connectivity index (χ3v) is 5.24. The van der Waals surface area contributed by atoms with Crippen LogP contribution in [-0.2, 0) is 9.47 Å². The summed E-state index contributed by atoms with van der Waals surface area (Å²) in [5.74, 6) is 1.79. The molecule has 0 bridgehead atoms. The summed E-state index contributed by atoms with van der Waals surface area (Å²) in [4.78, 5) is 11.9. The molecule has 1 unspecified atom stereocenters. The molecule has 3 heterocycles. The molecule has 1 N–H and O–H groups in total. The fraction of sp³-hybridized carbons (Fsp3) is 0.941. The molecule has 24 heavy (non-hydrogen) atoms. The Labute approximate surface area is 146 Å². The standard InChI is InChI=1S/C17H33N5O2/c1-18-17(19-3-4-20-9-12-23-13-10-20)22-7-5-21(6-8-22)14-16-2-11-24-15-16/h16H,2-15H2,1H3,(H,18,19). The Balaban J connectivity index is 1.34. The number of nitrogens with one attached hydrogen (secondary N) is 1. The van der Waals surface area contributed by atoms with Gasteiger partial charge in [-0.2, -0.15) is 0 Å². The zero-order chi connectivity index (χ0) is 16.6. The van der Waals surface area contributed by atoms with E-state index in [2.05, 4.69) is 25.0 Å². The summed E-state index contributed by atoms with van der Waals surface area (Å²) < 4.78 is 10.9. The minimum atomic E-state index is 0.738. The summed E-state index contributed by atoms with van der Waals surface area (Å²) in [6.07, 6.45) is 1.23. The van der Waals surface area contributed by atoms with Crippen LogP contribution in [-0.4, -0.2) is 113 Å². The van der Waals surface area contributed by atoms with E-state index < -0.39 is 0 Å². The lowest BCUT2D eigenvalue weighted by molar-refractivity contribution is 0.0388. The molecule has 3 saturated heterocycles. The molecular formula is C17H33N5O2. The molecule has 0 amide bonds. The number of nitrogens with zero attached hydrogens (tertiary/aromatic N) is 4. The Hall–Kier alpha value is -0.890. The first-order valence-corrected chi connectivity index (χ1v) is 9.41. The van der Waals surface area contributed by atoms with E-state index in [1.807, 2.05) is 7.05 Å². The second-order valence-corrected chi connectivity index (χ2v) is 6.95. The van der Waals surface area contributed by atoms with Crippen molar-refractivity contribution in [1.29, 1.82) is 0 Å². The Morgan fingerprint density at radius 1 is 1.00 bits per heavy atom. The highest BCUT2D eigenvalue weighted by atomic mass is 16.5. The smallest absolute Gasteiger partial charge is 0.193 e. The van der Waals surface area contributed by atoms with Gasteiger partial charge >= 0.3 is 0 Å². The fourth-order valence-corrected chi connectivity index (χ4v) is 3.72. The maximum Gasteiger partial charge on any atom is 0.193 e. The van der Waals surface area contributed by atoms with Gasteiger partial charge in [-0.25, -0.2) is 0 Å². The molecule has 3 rings (SSSR count). The maximum atomic E-state index is 5.49. The molecule has 1 atom stereocenters. The lowest BCUT2D eigenvalue weighted by Crippen LogP contribution is -2.54.